The topological polar surface area (TPSA) is 63.9 Å². The van der Waals surface area contributed by atoms with Crippen molar-refractivity contribution in [3.63, 3.8) is 0 Å². The Morgan fingerprint density at radius 3 is 2.20 bits per heavy atom. The molecule has 0 aliphatic carbocycles. The third-order valence-corrected chi connectivity index (χ3v) is 6.40. The molecule has 40 heavy (non-hydrogen) atoms. The van der Waals surface area contributed by atoms with Crippen LogP contribution in [0.4, 0.5) is 27.6 Å². The van der Waals surface area contributed by atoms with Crippen LogP contribution in [0.25, 0.3) is 17.0 Å². The summed E-state index contributed by atoms with van der Waals surface area (Å²) in [4.78, 5) is 25.1. The summed E-state index contributed by atoms with van der Waals surface area (Å²) in [5.74, 6) is -12.5. The number of benzene rings is 3. The smallest absolute Gasteiger partial charge is 0.338 e. The van der Waals surface area contributed by atoms with Crippen LogP contribution in [0.3, 0.4) is 0 Å². The number of anilines is 1. The third-order valence-electron chi connectivity index (χ3n) is 6.40. The molecule has 0 unspecified atom stereocenters. The zero-order valence-corrected chi connectivity index (χ0v) is 21.1. The molecule has 0 radical (unpaired) electrons. The Hall–Kier alpha value is -4.80. The maximum Gasteiger partial charge on any atom is 0.338 e. The van der Waals surface area contributed by atoms with Crippen LogP contribution in [0.15, 0.2) is 65.4 Å². The van der Waals surface area contributed by atoms with E-state index >= 15 is 0 Å². The first kappa shape index (κ1) is 26.8. The summed E-state index contributed by atoms with van der Waals surface area (Å²) >= 11 is 0. The second-order valence-corrected chi connectivity index (χ2v) is 8.93. The average molecular weight is 553 g/mol. The number of ether oxygens (including phenoxy) is 1. The SMILES string of the molecule is CCOC(=O)c1ccc(Cn2cc(/C=C3\C(=O)N(c4c(F)c(F)c(F)c(F)c4F)N=C3C)c3ccccc32)cc1. The number of aromatic nitrogens is 1. The van der Waals surface area contributed by atoms with Crippen molar-refractivity contribution in [2.24, 2.45) is 5.10 Å². The predicted molar refractivity (Wildman–Crippen MR) is 138 cm³/mol. The fourth-order valence-corrected chi connectivity index (χ4v) is 4.45. The van der Waals surface area contributed by atoms with Gasteiger partial charge in [0.05, 0.1) is 23.5 Å². The van der Waals surface area contributed by atoms with E-state index < -0.39 is 46.6 Å². The van der Waals surface area contributed by atoms with Gasteiger partial charge in [0.25, 0.3) is 5.91 Å². The van der Waals surface area contributed by atoms with E-state index in [1.807, 2.05) is 22.8 Å². The lowest BCUT2D eigenvalue weighted by molar-refractivity contribution is -0.114. The molecule has 1 aliphatic heterocycles. The summed E-state index contributed by atoms with van der Waals surface area (Å²) in [6, 6.07) is 14.2. The van der Waals surface area contributed by atoms with Crippen molar-refractivity contribution in [1.82, 2.24) is 4.57 Å². The maximum absolute atomic E-state index is 14.4. The molecule has 5 rings (SSSR count). The Kier molecular flexibility index (Phi) is 6.97. The molecule has 0 spiro atoms. The van der Waals surface area contributed by atoms with E-state index in [1.165, 1.54) is 13.0 Å². The van der Waals surface area contributed by atoms with Crippen molar-refractivity contribution < 1.29 is 36.3 Å². The van der Waals surface area contributed by atoms with Gasteiger partial charge in [-0.1, -0.05) is 30.3 Å². The Balaban J connectivity index is 1.50. The van der Waals surface area contributed by atoms with Crippen LogP contribution < -0.4 is 5.01 Å². The fourth-order valence-electron chi connectivity index (χ4n) is 4.45. The first-order chi connectivity index (χ1) is 19.1. The number of hydrogen-bond acceptors (Lipinski definition) is 4. The quantitative estimate of drug-likeness (QED) is 0.0917. The van der Waals surface area contributed by atoms with Crippen LogP contribution in [0.2, 0.25) is 0 Å². The Morgan fingerprint density at radius 2 is 1.55 bits per heavy atom. The number of nitrogens with zero attached hydrogens (tertiary/aromatic N) is 3. The number of carbonyl (C=O) groups is 2. The number of esters is 1. The predicted octanol–water partition coefficient (Wildman–Crippen LogP) is 6.37. The number of rotatable bonds is 6. The Bertz CT molecular complexity index is 1710. The minimum atomic E-state index is -2.33. The van der Waals surface area contributed by atoms with Crippen LogP contribution in [-0.2, 0) is 16.1 Å². The van der Waals surface area contributed by atoms with Crippen LogP contribution in [0.5, 0.6) is 0 Å². The summed E-state index contributed by atoms with van der Waals surface area (Å²) in [6.45, 7) is 3.78. The highest BCUT2D eigenvalue weighted by atomic mass is 19.2. The highest BCUT2D eigenvalue weighted by molar-refractivity contribution is 6.32. The van der Waals surface area contributed by atoms with Gasteiger partial charge in [0.1, 0.15) is 5.69 Å². The third kappa shape index (κ3) is 4.53. The van der Waals surface area contributed by atoms with Crippen LogP contribution >= 0.6 is 0 Å². The molecule has 0 bridgehead atoms. The van der Waals surface area contributed by atoms with E-state index in [1.54, 1.807) is 43.5 Å². The van der Waals surface area contributed by atoms with E-state index in [0.29, 0.717) is 17.7 Å². The monoisotopic (exact) mass is 553 g/mol. The zero-order chi connectivity index (χ0) is 28.7. The van der Waals surface area contributed by atoms with Gasteiger partial charge in [0.2, 0.25) is 5.82 Å². The minimum absolute atomic E-state index is 0.0281. The molecule has 0 saturated heterocycles. The van der Waals surface area contributed by atoms with Crippen molar-refractivity contribution in [1.29, 1.82) is 0 Å². The molecule has 6 nitrogen and oxygen atoms in total. The van der Waals surface area contributed by atoms with Gasteiger partial charge in [0.15, 0.2) is 23.3 Å². The highest BCUT2D eigenvalue weighted by Gasteiger charge is 2.37. The molecule has 1 aliphatic rings. The lowest BCUT2D eigenvalue weighted by Gasteiger charge is -2.15. The van der Waals surface area contributed by atoms with E-state index in [4.69, 9.17) is 4.74 Å². The van der Waals surface area contributed by atoms with Gasteiger partial charge in [-0.2, -0.15) is 10.1 Å². The van der Waals surface area contributed by atoms with Crippen molar-refractivity contribution in [2.45, 2.75) is 20.4 Å². The zero-order valence-electron chi connectivity index (χ0n) is 21.1. The molecule has 1 amide bonds. The summed E-state index contributed by atoms with van der Waals surface area (Å²) in [5.41, 5.74) is 1.17. The number of hydrazone groups is 1. The first-order valence-corrected chi connectivity index (χ1v) is 12.1. The molecule has 0 fully saturated rings. The molecule has 11 heteroatoms. The normalized spacial score (nSPS) is 14.4. The summed E-state index contributed by atoms with van der Waals surface area (Å²) in [7, 11) is 0. The number of fused-ring (bicyclic) bond motifs is 1. The van der Waals surface area contributed by atoms with E-state index in [2.05, 4.69) is 5.10 Å². The molecule has 0 saturated carbocycles. The number of para-hydroxylation sites is 1. The van der Waals surface area contributed by atoms with Gasteiger partial charge in [-0.25, -0.2) is 26.7 Å². The van der Waals surface area contributed by atoms with E-state index in [-0.39, 0.29) is 22.9 Å². The van der Waals surface area contributed by atoms with Gasteiger partial charge in [-0.05, 0) is 43.7 Å². The lowest BCUT2D eigenvalue weighted by Crippen LogP contribution is -2.25. The molecule has 0 atom stereocenters. The second-order valence-electron chi connectivity index (χ2n) is 8.93. The van der Waals surface area contributed by atoms with Gasteiger partial charge in [-0.3, -0.25) is 4.79 Å². The molecular formula is C29H20F5N3O3. The minimum Gasteiger partial charge on any atom is -0.462 e. The second kappa shape index (κ2) is 10.4. The summed E-state index contributed by atoms with van der Waals surface area (Å²) < 4.78 is 76.8. The van der Waals surface area contributed by atoms with Gasteiger partial charge in [-0.15, -0.1) is 0 Å². The average Bonchev–Trinajstić information content (AvgIpc) is 3.43. The molecular weight excluding hydrogens is 533 g/mol. The van der Waals surface area contributed by atoms with Crippen LogP contribution in [0, 0.1) is 29.1 Å². The Morgan fingerprint density at radius 1 is 0.925 bits per heavy atom. The van der Waals surface area contributed by atoms with Crippen molar-refractivity contribution >= 4 is 40.3 Å². The fraction of sp³-hybridized carbons (Fsp3) is 0.138. The summed E-state index contributed by atoms with van der Waals surface area (Å²) in [5, 5.41) is 4.72. The van der Waals surface area contributed by atoms with Gasteiger partial charge in [0, 0.05) is 29.2 Å². The van der Waals surface area contributed by atoms with Crippen molar-refractivity contribution in [2.75, 3.05) is 11.6 Å². The molecule has 0 N–H and O–H groups in total. The maximum atomic E-state index is 14.4. The number of hydrogen-bond donors (Lipinski definition) is 0. The Labute approximate surface area is 224 Å². The number of carbonyl (C=O) groups excluding carboxylic acids is 2. The highest BCUT2D eigenvalue weighted by Crippen LogP contribution is 2.34. The van der Waals surface area contributed by atoms with Crippen molar-refractivity contribution in [3.05, 3.63) is 106 Å². The first-order valence-electron chi connectivity index (χ1n) is 12.1. The summed E-state index contributed by atoms with van der Waals surface area (Å²) in [6.07, 6.45) is 3.22. The lowest BCUT2D eigenvalue weighted by atomic mass is 10.1. The van der Waals surface area contributed by atoms with E-state index in [0.717, 1.165) is 16.5 Å². The van der Waals surface area contributed by atoms with Crippen LogP contribution in [-0.4, -0.2) is 28.8 Å². The van der Waals surface area contributed by atoms with Crippen LogP contribution in [0.1, 0.15) is 35.3 Å². The largest absolute Gasteiger partial charge is 0.462 e. The number of halogens is 5. The van der Waals surface area contributed by atoms with E-state index in [9.17, 15) is 31.5 Å². The molecule has 4 aromatic rings. The molecule has 204 valence electrons. The standard InChI is InChI=1S/C29H20F5N3O3/c1-3-40-29(39)17-10-8-16(9-11-17)13-36-14-18(19-6-4-5-7-21(19)36)12-20-15(2)35-37(28(20)38)27-25(33)23(31)22(30)24(32)26(27)34/h4-12,14H,3,13H2,1-2H3/b20-12-. The van der Waals surface area contributed by atoms with Crippen molar-refractivity contribution in [3.8, 4) is 0 Å². The molecule has 2 heterocycles. The van der Waals surface area contributed by atoms with Gasteiger partial charge < -0.3 is 9.30 Å². The molecule has 3 aromatic carbocycles. The van der Waals surface area contributed by atoms with Gasteiger partial charge >= 0.3 is 5.97 Å². The molecule has 1 aromatic heterocycles. The number of amides is 1.